The third kappa shape index (κ3) is 4.82. The number of esters is 1. The maximum absolute atomic E-state index is 13.5. The summed E-state index contributed by atoms with van der Waals surface area (Å²) in [5.74, 6) is 0.251. The minimum atomic E-state index is -0.591. The summed E-state index contributed by atoms with van der Waals surface area (Å²) in [6, 6.07) is 10.9. The second-order valence-corrected chi connectivity index (χ2v) is 9.34. The van der Waals surface area contributed by atoms with Crippen LogP contribution in [-0.2, 0) is 14.3 Å². The summed E-state index contributed by atoms with van der Waals surface area (Å²) in [6.07, 6.45) is 5.47. The van der Waals surface area contributed by atoms with Crippen molar-refractivity contribution in [2.75, 3.05) is 27.4 Å². The lowest BCUT2D eigenvalue weighted by molar-refractivity contribution is -0.140. The monoisotopic (exact) mass is 496 g/mol. The number of para-hydroxylation sites is 1. The summed E-state index contributed by atoms with van der Waals surface area (Å²) in [6.45, 7) is 2.19. The normalized spacial score (nSPS) is 16.0. The lowest BCUT2D eigenvalue weighted by Gasteiger charge is -2.23. The van der Waals surface area contributed by atoms with Crippen molar-refractivity contribution in [2.45, 2.75) is 13.0 Å². The first kappa shape index (κ1) is 23.9. The van der Waals surface area contributed by atoms with Crippen LogP contribution >= 0.6 is 22.7 Å². The van der Waals surface area contributed by atoms with Crippen molar-refractivity contribution in [3.63, 3.8) is 0 Å². The first-order chi connectivity index (χ1) is 16.5. The Bertz CT molecular complexity index is 1410. The van der Waals surface area contributed by atoms with Gasteiger partial charge in [-0.2, -0.15) is 0 Å². The molecule has 0 radical (unpaired) electrons. The minimum Gasteiger partial charge on any atom is -0.496 e. The zero-order valence-electron chi connectivity index (χ0n) is 19.0. The minimum absolute atomic E-state index is 0.126. The third-order valence-corrected chi connectivity index (χ3v) is 7.16. The number of methoxy groups -OCH3 is 2. The zero-order chi connectivity index (χ0) is 24.1. The van der Waals surface area contributed by atoms with Gasteiger partial charge in [0.1, 0.15) is 18.4 Å². The number of rotatable bonds is 8. The van der Waals surface area contributed by atoms with Gasteiger partial charge < -0.3 is 14.2 Å². The van der Waals surface area contributed by atoms with Crippen molar-refractivity contribution in [1.82, 2.24) is 4.57 Å². The average molecular weight is 497 g/mol. The number of carbonyl (C=O) groups is 1. The van der Waals surface area contributed by atoms with Crippen molar-refractivity contribution < 1.29 is 19.0 Å². The molecule has 2 aromatic heterocycles. The van der Waals surface area contributed by atoms with E-state index >= 15 is 0 Å². The summed E-state index contributed by atoms with van der Waals surface area (Å²) >= 11 is 2.77. The number of hydrogen-bond donors (Lipinski definition) is 0. The highest BCUT2D eigenvalue weighted by molar-refractivity contribution is 7.10. The topological polar surface area (TPSA) is 79.1 Å². The molecule has 1 aliphatic rings. The Morgan fingerprint density at radius 2 is 2.00 bits per heavy atom. The van der Waals surface area contributed by atoms with Crippen molar-refractivity contribution in [3.8, 4) is 5.75 Å². The molecule has 1 atom stereocenters. The maximum Gasteiger partial charge on any atom is 0.338 e. The highest BCUT2D eigenvalue weighted by Crippen LogP contribution is 2.33. The number of fused-ring (bicyclic) bond motifs is 1. The second-order valence-electron chi connectivity index (χ2n) is 7.35. The molecule has 7 nitrogen and oxygen atoms in total. The predicted octanol–water partition coefficient (Wildman–Crippen LogP) is 3.16. The van der Waals surface area contributed by atoms with Gasteiger partial charge in [-0.05, 0) is 30.5 Å². The molecule has 0 spiro atoms. The highest BCUT2D eigenvalue weighted by atomic mass is 32.1. The van der Waals surface area contributed by atoms with Crippen LogP contribution in [0.4, 0.5) is 0 Å². The van der Waals surface area contributed by atoms with Crippen molar-refractivity contribution >= 4 is 40.8 Å². The number of hydrogen-bond acceptors (Lipinski definition) is 8. The molecule has 3 heterocycles. The van der Waals surface area contributed by atoms with Gasteiger partial charge in [0.25, 0.3) is 5.56 Å². The van der Waals surface area contributed by atoms with Gasteiger partial charge in [-0.25, -0.2) is 9.79 Å². The Labute approximate surface area is 204 Å². The van der Waals surface area contributed by atoms with E-state index in [0.29, 0.717) is 27.2 Å². The van der Waals surface area contributed by atoms with Gasteiger partial charge in [-0.15, -0.1) is 11.3 Å². The van der Waals surface area contributed by atoms with Crippen LogP contribution in [0.2, 0.25) is 0 Å². The number of ether oxygens (including phenoxy) is 3. The predicted molar refractivity (Wildman–Crippen MR) is 134 cm³/mol. The van der Waals surface area contributed by atoms with E-state index in [4.69, 9.17) is 14.2 Å². The number of allylic oxidation sites excluding steroid dienone is 2. The van der Waals surface area contributed by atoms with Gasteiger partial charge in [0, 0.05) is 17.6 Å². The standard InChI is InChI=1S/C25H24N2O5S2/c1-16-21(24(29)32-14-13-30-2)22(19-12-7-15-33-19)27-23(28)20(34-25(27)26-16)11-6-9-17-8-4-5-10-18(17)31-3/h4-12,15,22H,13-14H2,1-3H3/b9-6+,20-11-. The van der Waals surface area contributed by atoms with Crippen LogP contribution < -0.4 is 19.6 Å². The summed E-state index contributed by atoms with van der Waals surface area (Å²) in [7, 11) is 3.16. The Morgan fingerprint density at radius 1 is 1.18 bits per heavy atom. The number of nitrogens with zero attached hydrogens (tertiary/aromatic N) is 2. The van der Waals surface area contributed by atoms with Crippen LogP contribution in [0, 0.1) is 0 Å². The summed E-state index contributed by atoms with van der Waals surface area (Å²) in [5.41, 5.74) is 1.60. The molecular weight excluding hydrogens is 472 g/mol. The van der Waals surface area contributed by atoms with Crippen molar-refractivity contribution in [1.29, 1.82) is 0 Å². The summed E-state index contributed by atoms with van der Waals surface area (Å²) in [5, 5.41) is 1.92. The number of thiazole rings is 1. The molecule has 0 N–H and O–H groups in total. The molecule has 1 unspecified atom stereocenters. The van der Waals surface area contributed by atoms with Crippen molar-refractivity contribution in [2.24, 2.45) is 4.99 Å². The number of aromatic nitrogens is 1. The van der Waals surface area contributed by atoms with Gasteiger partial charge in [-0.1, -0.05) is 47.8 Å². The SMILES string of the molecule is COCCOC(=O)C1=C(C)N=c2s/c(=C\C=C\c3ccccc3OC)c(=O)n2C1c1cccs1. The lowest BCUT2D eigenvalue weighted by atomic mass is 10.0. The van der Waals surface area contributed by atoms with Crippen LogP contribution in [0.1, 0.15) is 23.4 Å². The van der Waals surface area contributed by atoms with E-state index in [-0.39, 0.29) is 12.2 Å². The Balaban J connectivity index is 1.76. The van der Waals surface area contributed by atoms with Gasteiger partial charge in [-0.3, -0.25) is 9.36 Å². The van der Waals surface area contributed by atoms with E-state index < -0.39 is 12.0 Å². The first-order valence-electron chi connectivity index (χ1n) is 10.6. The molecule has 1 aliphatic heterocycles. The van der Waals surface area contributed by atoms with Gasteiger partial charge in [0.15, 0.2) is 4.80 Å². The van der Waals surface area contributed by atoms with Gasteiger partial charge in [0.05, 0.1) is 29.5 Å². The molecule has 0 fully saturated rings. The first-order valence-corrected chi connectivity index (χ1v) is 12.3. The molecule has 4 rings (SSSR count). The smallest absolute Gasteiger partial charge is 0.338 e. The zero-order valence-corrected chi connectivity index (χ0v) is 20.7. The number of benzene rings is 1. The molecular formula is C25H24N2O5S2. The Morgan fingerprint density at radius 3 is 2.74 bits per heavy atom. The fourth-order valence-electron chi connectivity index (χ4n) is 3.65. The van der Waals surface area contributed by atoms with Crippen LogP contribution in [0.15, 0.2) is 68.9 Å². The van der Waals surface area contributed by atoms with E-state index in [2.05, 4.69) is 4.99 Å². The largest absolute Gasteiger partial charge is 0.496 e. The molecule has 1 aromatic carbocycles. The maximum atomic E-state index is 13.5. The number of thiophene rings is 1. The molecule has 0 aliphatic carbocycles. The van der Waals surface area contributed by atoms with E-state index in [0.717, 1.165) is 16.2 Å². The van der Waals surface area contributed by atoms with Crippen LogP contribution in [0.5, 0.6) is 5.75 Å². The summed E-state index contributed by atoms with van der Waals surface area (Å²) < 4.78 is 17.9. The van der Waals surface area contributed by atoms with E-state index in [9.17, 15) is 9.59 Å². The highest BCUT2D eigenvalue weighted by Gasteiger charge is 2.33. The molecule has 0 bridgehead atoms. The Hall–Kier alpha value is -3.27. The van der Waals surface area contributed by atoms with E-state index in [1.54, 1.807) is 31.8 Å². The number of carbonyl (C=O) groups excluding carboxylic acids is 1. The van der Waals surface area contributed by atoms with E-state index in [1.807, 2.05) is 53.9 Å². The quantitative estimate of drug-likeness (QED) is 0.354. The second kappa shape index (κ2) is 10.8. The molecule has 0 saturated heterocycles. The van der Waals surface area contributed by atoms with Gasteiger partial charge in [0.2, 0.25) is 0 Å². The molecule has 0 amide bonds. The van der Waals surface area contributed by atoms with Crippen LogP contribution in [0.3, 0.4) is 0 Å². The molecule has 3 aromatic rings. The van der Waals surface area contributed by atoms with Gasteiger partial charge >= 0.3 is 5.97 Å². The van der Waals surface area contributed by atoms with Crippen molar-refractivity contribution in [3.05, 3.63) is 89.3 Å². The third-order valence-electron chi connectivity index (χ3n) is 5.24. The lowest BCUT2D eigenvalue weighted by Crippen LogP contribution is -2.39. The fraction of sp³-hybridized carbons (Fsp3) is 0.240. The molecule has 34 heavy (non-hydrogen) atoms. The van der Waals surface area contributed by atoms with Crippen LogP contribution in [0.25, 0.3) is 12.2 Å². The average Bonchev–Trinajstić information content (AvgIpc) is 3.47. The summed E-state index contributed by atoms with van der Waals surface area (Å²) in [4.78, 5) is 32.4. The molecule has 176 valence electrons. The van der Waals surface area contributed by atoms with Crippen LogP contribution in [-0.4, -0.2) is 38.0 Å². The Kier molecular flexibility index (Phi) is 7.56. The fourth-order valence-corrected chi connectivity index (χ4v) is 5.47. The molecule has 0 saturated carbocycles. The molecule has 9 heteroatoms. The van der Waals surface area contributed by atoms with E-state index in [1.165, 1.54) is 22.7 Å².